The molecular weight excluding hydrogens is 470 g/mol. The summed E-state index contributed by atoms with van der Waals surface area (Å²) in [4.78, 5) is 32.1. The summed E-state index contributed by atoms with van der Waals surface area (Å²) in [6.07, 6.45) is 2.34. The van der Waals surface area contributed by atoms with Gasteiger partial charge in [0.1, 0.15) is 41.4 Å². The van der Waals surface area contributed by atoms with Crippen LogP contribution in [-0.4, -0.2) is 68.8 Å². The molecule has 0 saturated carbocycles. The standard InChI is InChI=1S/C25H24F2N6O3/c1-25(2,3)36-24(34)32-6-7-33-13(9-32)10-35-17-8-14(20(27)22-19(17)23(33)31-12-30-22)18-15(26)4-5-16-21(18)29-11-28-16/h4-5,8,11-13H,6-7,9-10H2,1-3H3,(H,28,29)/t13-/m0/s1. The minimum Gasteiger partial charge on any atom is -0.490 e. The highest BCUT2D eigenvalue weighted by atomic mass is 19.1. The predicted octanol–water partition coefficient (Wildman–Crippen LogP) is 4.27. The van der Waals surface area contributed by atoms with E-state index in [4.69, 9.17) is 9.47 Å². The molecule has 0 bridgehead atoms. The monoisotopic (exact) mass is 494 g/mol. The van der Waals surface area contributed by atoms with E-state index in [1.807, 2.05) is 25.7 Å². The molecule has 0 radical (unpaired) electrons. The number of hydrogen-bond acceptors (Lipinski definition) is 7. The number of carbonyl (C=O) groups is 1. The van der Waals surface area contributed by atoms with Gasteiger partial charge < -0.3 is 24.3 Å². The molecule has 1 atom stereocenters. The number of anilines is 1. The van der Waals surface area contributed by atoms with Crippen molar-refractivity contribution >= 4 is 33.8 Å². The lowest BCUT2D eigenvalue weighted by molar-refractivity contribution is 0.0202. The van der Waals surface area contributed by atoms with E-state index >= 15 is 4.39 Å². The summed E-state index contributed by atoms with van der Waals surface area (Å²) in [5, 5.41) is 0.418. The molecule has 2 aromatic carbocycles. The van der Waals surface area contributed by atoms with Crippen molar-refractivity contribution < 1.29 is 23.0 Å². The van der Waals surface area contributed by atoms with Crippen molar-refractivity contribution in [1.29, 1.82) is 0 Å². The lowest BCUT2D eigenvalue weighted by atomic mass is 10.00. The Labute approximate surface area is 205 Å². The fraction of sp³-hybridized carbons (Fsp3) is 0.360. The molecule has 186 valence electrons. The number of ether oxygens (including phenoxy) is 2. The van der Waals surface area contributed by atoms with Crippen LogP contribution in [0.3, 0.4) is 0 Å². The van der Waals surface area contributed by atoms with E-state index < -0.39 is 23.3 Å². The van der Waals surface area contributed by atoms with Crippen LogP contribution in [-0.2, 0) is 4.74 Å². The molecule has 4 aromatic rings. The van der Waals surface area contributed by atoms with Gasteiger partial charge in [0.05, 0.1) is 28.8 Å². The number of carbonyl (C=O) groups excluding carboxylic acids is 1. The molecule has 2 aliphatic heterocycles. The molecule has 1 N–H and O–H groups in total. The molecule has 0 spiro atoms. The van der Waals surface area contributed by atoms with Gasteiger partial charge in [0, 0.05) is 30.8 Å². The Morgan fingerprint density at radius 2 is 2.00 bits per heavy atom. The number of amides is 1. The average Bonchev–Trinajstić information content (AvgIpc) is 3.25. The first-order valence-electron chi connectivity index (χ1n) is 11.7. The number of nitrogens with one attached hydrogen (secondary N) is 1. The normalized spacial score (nSPS) is 17.6. The second kappa shape index (κ2) is 8.00. The molecule has 1 saturated heterocycles. The number of halogens is 2. The quantitative estimate of drug-likeness (QED) is 0.422. The summed E-state index contributed by atoms with van der Waals surface area (Å²) in [6, 6.07) is 4.08. The number of aromatic amines is 1. The zero-order valence-corrected chi connectivity index (χ0v) is 20.0. The largest absolute Gasteiger partial charge is 0.490 e. The van der Waals surface area contributed by atoms with Crippen molar-refractivity contribution in [3.8, 4) is 16.9 Å². The molecule has 4 heterocycles. The number of nitrogens with zero attached hydrogens (tertiary/aromatic N) is 5. The number of aromatic nitrogens is 4. The topological polar surface area (TPSA) is 96.5 Å². The maximum atomic E-state index is 15.9. The lowest BCUT2D eigenvalue weighted by Gasteiger charge is -2.41. The molecule has 11 heteroatoms. The van der Waals surface area contributed by atoms with E-state index in [1.54, 1.807) is 11.0 Å². The number of imidazole rings is 1. The van der Waals surface area contributed by atoms with E-state index in [0.717, 1.165) is 0 Å². The van der Waals surface area contributed by atoms with Crippen molar-refractivity contribution in [3.63, 3.8) is 0 Å². The van der Waals surface area contributed by atoms with Crippen LogP contribution in [0.2, 0.25) is 0 Å². The van der Waals surface area contributed by atoms with E-state index in [0.29, 0.717) is 47.6 Å². The Morgan fingerprint density at radius 1 is 1.17 bits per heavy atom. The van der Waals surface area contributed by atoms with Crippen LogP contribution in [0.4, 0.5) is 19.4 Å². The number of piperazine rings is 1. The van der Waals surface area contributed by atoms with Gasteiger partial charge in [0.25, 0.3) is 0 Å². The maximum absolute atomic E-state index is 15.9. The molecule has 1 amide bonds. The summed E-state index contributed by atoms with van der Waals surface area (Å²) in [6.45, 7) is 6.91. The fourth-order valence-electron chi connectivity index (χ4n) is 4.87. The van der Waals surface area contributed by atoms with Crippen molar-refractivity contribution in [3.05, 3.63) is 42.5 Å². The Morgan fingerprint density at radius 3 is 2.81 bits per heavy atom. The SMILES string of the molecule is CC(C)(C)OC(=O)N1CCN2c3ncnc4c(F)c(-c5c(F)ccc6[nH]cnc56)cc(c34)OC[C@@H]2C1. The van der Waals surface area contributed by atoms with E-state index in [-0.39, 0.29) is 29.3 Å². The lowest BCUT2D eigenvalue weighted by Crippen LogP contribution is -2.57. The van der Waals surface area contributed by atoms with Gasteiger partial charge in [-0.05, 0) is 39.0 Å². The molecule has 1 fully saturated rings. The van der Waals surface area contributed by atoms with Gasteiger partial charge in [-0.3, -0.25) is 0 Å². The minimum absolute atomic E-state index is 0.00704. The summed E-state index contributed by atoms with van der Waals surface area (Å²) in [7, 11) is 0. The van der Waals surface area contributed by atoms with Gasteiger partial charge in [-0.1, -0.05) is 0 Å². The maximum Gasteiger partial charge on any atom is 0.410 e. The molecule has 0 unspecified atom stereocenters. The van der Waals surface area contributed by atoms with E-state index in [2.05, 4.69) is 19.9 Å². The van der Waals surface area contributed by atoms with Crippen molar-refractivity contribution in [1.82, 2.24) is 24.8 Å². The van der Waals surface area contributed by atoms with Crippen LogP contribution in [0.15, 0.2) is 30.9 Å². The number of rotatable bonds is 1. The van der Waals surface area contributed by atoms with Gasteiger partial charge in [-0.25, -0.2) is 28.5 Å². The third kappa shape index (κ3) is 3.57. The molecule has 9 nitrogen and oxygen atoms in total. The first-order valence-corrected chi connectivity index (χ1v) is 11.7. The van der Waals surface area contributed by atoms with Crippen LogP contribution in [0.25, 0.3) is 33.1 Å². The van der Waals surface area contributed by atoms with Gasteiger partial charge in [-0.2, -0.15) is 0 Å². The second-order valence-electron chi connectivity index (χ2n) is 9.96. The van der Waals surface area contributed by atoms with E-state index in [9.17, 15) is 9.18 Å². The van der Waals surface area contributed by atoms with Crippen LogP contribution in [0.1, 0.15) is 20.8 Å². The molecule has 6 rings (SSSR count). The molecule has 2 aliphatic rings. The number of hydrogen-bond donors (Lipinski definition) is 1. The number of benzene rings is 2. The smallest absolute Gasteiger partial charge is 0.410 e. The second-order valence-corrected chi connectivity index (χ2v) is 9.96. The highest BCUT2D eigenvalue weighted by Gasteiger charge is 2.37. The Balaban J connectivity index is 1.43. The van der Waals surface area contributed by atoms with Gasteiger partial charge >= 0.3 is 6.09 Å². The fourth-order valence-corrected chi connectivity index (χ4v) is 4.87. The van der Waals surface area contributed by atoms with Crippen LogP contribution in [0, 0.1) is 11.6 Å². The molecule has 36 heavy (non-hydrogen) atoms. The Bertz CT molecular complexity index is 1520. The molecular formula is C25H24F2N6O3. The van der Waals surface area contributed by atoms with Gasteiger partial charge in [0.2, 0.25) is 0 Å². The predicted molar refractivity (Wildman–Crippen MR) is 129 cm³/mol. The van der Waals surface area contributed by atoms with Crippen LogP contribution < -0.4 is 9.64 Å². The third-order valence-electron chi connectivity index (χ3n) is 6.44. The first-order chi connectivity index (χ1) is 17.2. The summed E-state index contributed by atoms with van der Waals surface area (Å²) in [5.41, 5.74) is 0.367. The van der Waals surface area contributed by atoms with Crippen molar-refractivity contribution in [2.45, 2.75) is 32.4 Å². The highest BCUT2D eigenvalue weighted by molar-refractivity contribution is 6.01. The Hall–Kier alpha value is -4.02. The van der Waals surface area contributed by atoms with Crippen molar-refractivity contribution in [2.24, 2.45) is 0 Å². The zero-order chi connectivity index (χ0) is 25.2. The molecule has 0 aliphatic carbocycles. The summed E-state index contributed by atoms with van der Waals surface area (Å²) in [5.74, 6) is -0.415. The summed E-state index contributed by atoms with van der Waals surface area (Å²) < 4.78 is 42.6. The minimum atomic E-state index is -0.679. The third-order valence-corrected chi connectivity index (χ3v) is 6.44. The van der Waals surface area contributed by atoms with E-state index in [1.165, 1.54) is 24.8 Å². The zero-order valence-electron chi connectivity index (χ0n) is 20.0. The van der Waals surface area contributed by atoms with Gasteiger partial charge in [0.15, 0.2) is 5.82 Å². The first kappa shape index (κ1) is 22.4. The highest BCUT2D eigenvalue weighted by Crippen LogP contribution is 2.43. The average molecular weight is 495 g/mol. The van der Waals surface area contributed by atoms with Crippen molar-refractivity contribution in [2.75, 3.05) is 31.1 Å². The van der Waals surface area contributed by atoms with Crippen LogP contribution in [0.5, 0.6) is 5.75 Å². The van der Waals surface area contributed by atoms with Gasteiger partial charge in [-0.15, -0.1) is 0 Å². The molecule has 2 aromatic heterocycles. The number of fused-ring (bicyclic) bond motifs is 3. The number of H-pyrrole nitrogens is 1. The summed E-state index contributed by atoms with van der Waals surface area (Å²) >= 11 is 0. The Kier molecular flexibility index (Phi) is 4.99. The van der Waals surface area contributed by atoms with Crippen LogP contribution >= 0.6 is 0 Å².